The number of H-pyrrole nitrogens is 1. The van der Waals surface area contributed by atoms with E-state index in [4.69, 9.17) is 10.7 Å². The molecule has 0 saturated carbocycles. The van der Waals surface area contributed by atoms with Crippen molar-refractivity contribution in [3.05, 3.63) is 78.4 Å². The number of carbonyl (C=O) groups is 2. The smallest absolute Gasteiger partial charge is 0.249 e. The first-order chi connectivity index (χ1) is 17.4. The second-order valence-electron chi connectivity index (χ2n) is 9.42. The minimum atomic E-state index is -0.535. The lowest BCUT2D eigenvalue weighted by molar-refractivity contribution is -0.133. The summed E-state index contributed by atoms with van der Waals surface area (Å²) in [5.41, 5.74) is 10.1. The van der Waals surface area contributed by atoms with Crippen LogP contribution in [0.5, 0.6) is 0 Å². The number of aromatic amines is 1. The van der Waals surface area contributed by atoms with Crippen LogP contribution in [0.4, 0.5) is 0 Å². The van der Waals surface area contributed by atoms with E-state index in [1.807, 2.05) is 52.1 Å². The van der Waals surface area contributed by atoms with Crippen molar-refractivity contribution in [3.63, 3.8) is 0 Å². The van der Waals surface area contributed by atoms with Crippen molar-refractivity contribution in [1.29, 1.82) is 0 Å². The number of amides is 2. The van der Waals surface area contributed by atoms with Crippen LogP contribution in [-0.2, 0) is 11.2 Å². The van der Waals surface area contributed by atoms with Gasteiger partial charge in [-0.1, -0.05) is 30.3 Å². The van der Waals surface area contributed by atoms with E-state index in [0.717, 1.165) is 35.3 Å². The maximum atomic E-state index is 13.0. The maximum Gasteiger partial charge on any atom is 0.249 e. The second kappa shape index (κ2) is 9.81. The van der Waals surface area contributed by atoms with Gasteiger partial charge in [-0.2, -0.15) is 5.10 Å². The van der Waals surface area contributed by atoms with E-state index in [-0.39, 0.29) is 18.0 Å². The minimum absolute atomic E-state index is 0.153. The Hall–Kier alpha value is -4.20. The number of likely N-dealkylation sites (tertiary alicyclic amines) is 1. The molecule has 1 saturated heterocycles. The first kappa shape index (κ1) is 23.5. The molecule has 0 spiro atoms. The highest BCUT2D eigenvalue weighted by molar-refractivity contribution is 6.03. The van der Waals surface area contributed by atoms with Crippen LogP contribution in [0.2, 0.25) is 0 Å². The molecule has 4 aromatic rings. The summed E-state index contributed by atoms with van der Waals surface area (Å²) >= 11 is 0. The van der Waals surface area contributed by atoms with E-state index in [2.05, 4.69) is 24.0 Å². The zero-order chi connectivity index (χ0) is 25.2. The Labute approximate surface area is 210 Å². The summed E-state index contributed by atoms with van der Waals surface area (Å²) in [7, 11) is 0. The number of nitrogens with one attached hydrogen (secondary N) is 1. The Bertz CT molecular complexity index is 1370. The number of imidazole rings is 1. The Morgan fingerprint density at radius 2 is 1.81 bits per heavy atom. The summed E-state index contributed by atoms with van der Waals surface area (Å²) in [5.74, 6) is 0.212. The molecular formula is C28H30N6O2. The quantitative estimate of drug-likeness (QED) is 0.408. The van der Waals surface area contributed by atoms with Gasteiger partial charge < -0.3 is 10.6 Å². The standard InChI is InChI=1S/C28H30N6O2/c1-18-11-12-19(2)34(18)25(35)14-13-21-17-33(22-7-4-3-5-8-22)28(32-21)26-23(20-15-30-31-16-20)9-6-10-24(26)27(29)36/h3-10,15-19H,11-14H2,1-2H3,(H2,29,36)(H,30,31)/t18-,19-/m1/s1. The zero-order valence-corrected chi connectivity index (χ0v) is 20.5. The second-order valence-corrected chi connectivity index (χ2v) is 9.42. The van der Waals surface area contributed by atoms with Gasteiger partial charge in [0.05, 0.1) is 17.5 Å². The van der Waals surface area contributed by atoms with Crippen LogP contribution in [0.1, 0.15) is 49.2 Å². The molecule has 2 atom stereocenters. The lowest BCUT2D eigenvalue weighted by Gasteiger charge is -2.26. The number of para-hydroxylation sites is 1. The van der Waals surface area contributed by atoms with Gasteiger partial charge in [0.1, 0.15) is 5.82 Å². The molecule has 0 unspecified atom stereocenters. The predicted octanol–water partition coefficient (Wildman–Crippen LogP) is 4.36. The Morgan fingerprint density at radius 1 is 1.06 bits per heavy atom. The van der Waals surface area contributed by atoms with Gasteiger partial charge in [0.2, 0.25) is 11.8 Å². The molecule has 0 bridgehead atoms. The van der Waals surface area contributed by atoms with Crippen LogP contribution >= 0.6 is 0 Å². The van der Waals surface area contributed by atoms with Crippen molar-refractivity contribution in [2.45, 2.75) is 51.6 Å². The molecule has 0 aliphatic carbocycles. The van der Waals surface area contributed by atoms with Gasteiger partial charge in [-0.15, -0.1) is 0 Å². The molecule has 36 heavy (non-hydrogen) atoms. The monoisotopic (exact) mass is 482 g/mol. The van der Waals surface area contributed by atoms with Crippen molar-refractivity contribution in [1.82, 2.24) is 24.6 Å². The molecule has 2 aromatic carbocycles. The molecule has 0 radical (unpaired) electrons. The largest absolute Gasteiger partial charge is 0.366 e. The fraction of sp³-hybridized carbons (Fsp3) is 0.286. The molecule has 1 aliphatic heterocycles. The third-order valence-corrected chi connectivity index (χ3v) is 6.99. The SMILES string of the molecule is C[C@@H]1CC[C@@H](C)N1C(=O)CCc1cn(-c2ccccc2)c(-c2c(C(N)=O)cccc2-c2cn[nH]c2)n1. The number of nitrogens with two attached hydrogens (primary N) is 1. The maximum absolute atomic E-state index is 13.0. The minimum Gasteiger partial charge on any atom is -0.366 e. The third-order valence-electron chi connectivity index (χ3n) is 6.99. The Morgan fingerprint density at radius 3 is 2.47 bits per heavy atom. The number of hydrogen-bond acceptors (Lipinski definition) is 4. The number of hydrogen-bond donors (Lipinski definition) is 2. The van der Waals surface area contributed by atoms with E-state index < -0.39 is 5.91 Å². The molecule has 2 aromatic heterocycles. The molecular weight excluding hydrogens is 452 g/mol. The third kappa shape index (κ3) is 4.42. The van der Waals surface area contributed by atoms with Crippen LogP contribution in [0, 0.1) is 0 Å². The summed E-state index contributed by atoms with van der Waals surface area (Å²) < 4.78 is 1.96. The van der Waals surface area contributed by atoms with Crippen LogP contribution in [0.25, 0.3) is 28.2 Å². The van der Waals surface area contributed by atoms with Gasteiger partial charge in [0.15, 0.2) is 0 Å². The lowest BCUT2D eigenvalue weighted by Crippen LogP contribution is -2.38. The molecule has 8 heteroatoms. The van der Waals surface area contributed by atoms with Crippen molar-refractivity contribution < 1.29 is 9.59 Å². The molecule has 8 nitrogen and oxygen atoms in total. The van der Waals surface area contributed by atoms with Gasteiger partial charge in [-0.25, -0.2) is 4.98 Å². The number of aryl methyl sites for hydroxylation is 1. The number of rotatable bonds is 7. The van der Waals surface area contributed by atoms with Crippen LogP contribution in [0.15, 0.2) is 67.1 Å². The van der Waals surface area contributed by atoms with E-state index in [1.54, 1.807) is 24.5 Å². The highest BCUT2D eigenvalue weighted by atomic mass is 16.2. The first-order valence-corrected chi connectivity index (χ1v) is 12.3. The van der Waals surface area contributed by atoms with Crippen LogP contribution in [-0.4, -0.2) is 48.5 Å². The summed E-state index contributed by atoms with van der Waals surface area (Å²) in [6, 6.07) is 15.8. The topological polar surface area (TPSA) is 110 Å². The van der Waals surface area contributed by atoms with Crippen molar-refractivity contribution in [2.75, 3.05) is 0 Å². The molecule has 5 rings (SSSR count). The molecule has 2 amide bonds. The lowest BCUT2D eigenvalue weighted by atomic mass is 9.96. The number of carbonyl (C=O) groups excluding carboxylic acids is 2. The Balaban J connectivity index is 1.58. The van der Waals surface area contributed by atoms with E-state index in [0.29, 0.717) is 29.8 Å². The number of primary amides is 1. The normalized spacial score (nSPS) is 17.4. The van der Waals surface area contributed by atoms with E-state index >= 15 is 0 Å². The van der Waals surface area contributed by atoms with Gasteiger partial charge in [-0.05, 0) is 56.9 Å². The average Bonchev–Trinajstić information content (AvgIpc) is 3.63. The zero-order valence-electron chi connectivity index (χ0n) is 20.5. The molecule has 1 fully saturated rings. The summed E-state index contributed by atoms with van der Waals surface area (Å²) in [6.07, 6.45) is 8.40. The first-order valence-electron chi connectivity index (χ1n) is 12.3. The molecule has 184 valence electrons. The summed E-state index contributed by atoms with van der Waals surface area (Å²) in [4.78, 5) is 32.5. The fourth-order valence-electron chi connectivity index (χ4n) is 5.20. The van der Waals surface area contributed by atoms with Crippen molar-refractivity contribution >= 4 is 11.8 Å². The average molecular weight is 483 g/mol. The number of aromatic nitrogens is 4. The Kier molecular flexibility index (Phi) is 6.41. The van der Waals surface area contributed by atoms with Gasteiger partial charge in [-0.3, -0.25) is 19.3 Å². The number of benzene rings is 2. The number of nitrogens with zero attached hydrogens (tertiary/aromatic N) is 4. The predicted molar refractivity (Wildman–Crippen MR) is 138 cm³/mol. The molecule has 3 heterocycles. The van der Waals surface area contributed by atoms with Crippen molar-refractivity contribution in [2.24, 2.45) is 5.73 Å². The highest BCUT2D eigenvalue weighted by Gasteiger charge is 2.31. The fourth-order valence-corrected chi connectivity index (χ4v) is 5.20. The van der Waals surface area contributed by atoms with Gasteiger partial charge >= 0.3 is 0 Å². The van der Waals surface area contributed by atoms with Crippen LogP contribution < -0.4 is 5.73 Å². The summed E-state index contributed by atoms with van der Waals surface area (Å²) in [6.45, 7) is 4.23. The summed E-state index contributed by atoms with van der Waals surface area (Å²) in [5, 5.41) is 6.92. The van der Waals surface area contributed by atoms with Gasteiger partial charge in [0.25, 0.3) is 0 Å². The van der Waals surface area contributed by atoms with E-state index in [9.17, 15) is 9.59 Å². The molecule has 1 aliphatic rings. The van der Waals surface area contributed by atoms with E-state index in [1.165, 1.54) is 0 Å². The van der Waals surface area contributed by atoms with Crippen LogP contribution in [0.3, 0.4) is 0 Å². The highest BCUT2D eigenvalue weighted by Crippen LogP contribution is 2.36. The van der Waals surface area contributed by atoms with Crippen molar-refractivity contribution in [3.8, 4) is 28.2 Å². The van der Waals surface area contributed by atoms with Gasteiger partial charge in [0, 0.05) is 47.7 Å². The molecule has 3 N–H and O–H groups in total.